The van der Waals surface area contributed by atoms with Gasteiger partial charge in [0.1, 0.15) is 5.82 Å². The van der Waals surface area contributed by atoms with Gasteiger partial charge in [0.05, 0.1) is 5.69 Å². The van der Waals surface area contributed by atoms with E-state index in [0.29, 0.717) is 18.0 Å². The van der Waals surface area contributed by atoms with Gasteiger partial charge in [-0.1, -0.05) is 13.8 Å². The van der Waals surface area contributed by atoms with Crippen LogP contribution in [0, 0.1) is 15.3 Å². The first-order valence-corrected chi connectivity index (χ1v) is 8.07. The molecule has 1 N–H and O–H groups in total. The highest BCUT2D eigenvalue weighted by atomic mass is 127. The Hall–Kier alpha value is -0.360. The van der Waals surface area contributed by atoms with E-state index in [4.69, 9.17) is 0 Å². The van der Waals surface area contributed by atoms with Gasteiger partial charge in [0, 0.05) is 22.2 Å². The topological polar surface area (TPSA) is 15.3 Å². The molecule has 0 radical (unpaired) electrons. The van der Waals surface area contributed by atoms with Crippen molar-refractivity contribution in [3.8, 4) is 0 Å². The van der Waals surface area contributed by atoms with Crippen LogP contribution in [0.4, 0.5) is 10.1 Å². The molecule has 1 saturated heterocycles. The predicted octanol–water partition coefficient (Wildman–Crippen LogP) is 3.64. The van der Waals surface area contributed by atoms with Gasteiger partial charge in [0.2, 0.25) is 0 Å². The zero-order chi connectivity index (χ0) is 14.0. The second kappa shape index (κ2) is 6.39. The first-order valence-electron chi connectivity index (χ1n) is 6.99. The summed E-state index contributed by atoms with van der Waals surface area (Å²) in [5.74, 6) is 0.436. The highest BCUT2D eigenvalue weighted by Gasteiger charge is 2.32. The first-order chi connectivity index (χ1) is 9.04. The molecule has 0 bridgehead atoms. The van der Waals surface area contributed by atoms with Crippen molar-refractivity contribution in [3.63, 3.8) is 0 Å². The van der Waals surface area contributed by atoms with Crippen molar-refractivity contribution in [2.45, 2.75) is 39.3 Å². The van der Waals surface area contributed by atoms with Crippen LogP contribution in [0.3, 0.4) is 0 Å². The highest BCUT2D eigenvalue weighted by Crippen LogP contribution is 2.32. The van der Waals surface area contributed by atoms with Crippen molar-refractivity contribution in [1.82, 2.24) is 5.32 Å². The summed E-state index contributed by atoms with van der Waals surface area (Å²) in [5.41, 5.74) is 1.16. The molecule has 1 aromatic carbocycles. The van der Waals surface area contributed by atoms with Crippen molar-refractivity contribution >= 4 is 28.3 Å². The van der Waals surface area contributed by atoms with Crippen LogP contribution in [0.25, 0.3) is 0 Å². The summed E-state index contributed by atoms with van der Waals surface area (Å²) in [5, 5.41) is 3.57. The summed E-state index contributed by atoms with van der Waals surface area (Å²) in [7, 11) is 0. The lowest BCUT2D eigenvalue weighted by Crippen LogP contribution is -2.53. The van der Waals surface area contributed by atoms with Gasteiger partial charge in [0.15, 0.2) is 0 Å². The monoisotopic (exact) mass is 376 g/mol. The maximum atomic E-state index is 13.2. The van der Waals surface area contributed by atoms with E-state index < -0.39 is 0 Å². The molecule has 1 aliphatic rings. The summed E-state index contributed by atoms with van der Waals surface area (Å²) >= 11 is 2.23. The first kappa shape index (κ1) is 15.0. The van der Waals surface area contributed by atoms with Crippen LogP contribution in [-0.2, 0) is 0 Å². The summed E-state index contributed by atoms with van der Waals surface area (Å²) < 4.78 is 14.2. The molecule has 2 rings (SSSR count). The Balaban J connectivity index is 2.18. The van der Waals surface area contributed by atoms with Crippen LogP contribution in [0.15, 0.2) is 18.2 Å². The number of benzene rings is 1. The maximum absolute atomic E-state index is 13.2. The Morgan fingerprint density at radius 2 is 2.16 bits per heavy atom. The van der Waals surface area contributed by atoms with E-state index in [9.17, 15) is 4.39 Å². The lowest BCUT2D eigenvalue weighted by molar-refractivity contribution is 0.274. The molecule has 19 heavy (non-hydrogen) atoms. The van der Waals surface area contributed by atoms with Crippen LogP contribution in [-0.4, -0.2) is 25.2 Å². The molecule has 3 atom stereocenters. The van der Waals surface area contributed by atoms with Gasteiger partial charge >= 0.3 is 0 Å². The molecule has 1 fully saturated rings. The van der Waals surface area contributed by atoms with E-state index in [0.717, 1.165) is 28.8 Å². The predicted molar refractivity (Wildman–Crippen MR) is 87.2 cm³/mol. The molecule has 0 amide bonds. The normalized spacial score (nSPS) is 27.6. The molecular formula is C15H22FIN2. The minimum absolute atomic E-state index is 0.156. The number of rotatable bonds is 3. The molecule has 4 heteroatoms. The molecule has 106 valence electrons. The van der Waals surface area contributed by atoms with E-state index >= 15 is 0 Å². The second-order valence-electron chi connectivity index (χ2n) is 5.34. The van der Waals surface area contributed by atoms with E-state index in [-0.39, 0.29) is 5.82 Å². The SMILES string of the molecule is CCNC1CCN(c2ccc(F)cc2I)C(C)C1C. The Labute approximate surface area is 128 Å². The molecule has 0 spiro atoms. The van der Waals surface area contributed by atoms with Crippen molar-refractivity contribution in [2.75, 3.05) is 18.0 Å². The number of anilines is 1. The van der Waals surface area contributed by atoms with Crippen LogP contribution < -0.4 is 10.2 Å². The average Bonchev–Trinajstić information content (AvgIpc) is 2.37. The Morgan fingerprint density at radius 3 is 2.79 bits per heavy atom. The summed E-state index contributed by atoms with van der Waals surface area (Å²) in [4.78, 5) is 2.42. The Morgan fingerprint density at radius 1 is 1.42 bits per heavy atom. The molecule has 0 aromatic heterocycles. The number of halogens is 2. The summed E-state index contributed by atoms with van der Waals surface area (Å²) in [6.45, 7) is 8.79. The Kier molecular flexibility index (Phi) is 5.06. The minimum atomic E-state index is -0.156. The fraction of sp³-hybridized carbons (Fsp3) is 0.600. The second-order valence-corrected chi connectivity index (χ2v) is 6.50. The van der Waals surface area contributed by atoms with Crippen LogP contribution in [0.2, 0.25) is 0 Å². The van der Waals surface area contributed by atoms with Crippen molar-refractivity contribution in [2.24, 2.45) is 5.92 Å². The number of nitrogens with one attached hydrogen (secondary N) is 1. The molecule has 1 aliphatic heterocycles. The van der Waals surface area contributed by atoms with Gasteiger partial charge in [-0.25, -0.2) is 4.39 Å². The summed E-state index contributed by atoms with van der Waals surface area (Å²) in [6, 6.07) is 6.15. The fourth-order valence-electron chi connectivity index (χ4n) is 2.97. The maximum Gasteiger partial charge on any atom is 0.124 e. The van der Waals surface area contributed by atoms with Gasteiger partial charge in [-0.2, -0.15) is 0 Å². The van der Waals surface area contributed by atoms with E-state index in [1.165, 1.54) is 0 Å². The molecule has 1 aromatic rings. The largest absolute Gasteiger partial charge is 0.368 e. The third kappa shape index (κ3) is 3.21. The molecule has 2 nitrogen and oxygen atoms in total. The zero-order valence-corrected chi connectivity index (χ0v) is 13.9. The molecule has 3 unspecified atom stereocenters. The van der Waals surface area contributed by atoms with Crippen molar-refractivity contribution in [1.29, 1.82) is 0 Å². The van der Waals surface area contributed by atoms with Gasteiger partial charge in [0.25, 0.3) is 0 Å². The number of hydrogen-bond donors (Lipinski definition) is 1. The van der Waals surface area contributed by atoms with Gasteiger partial charge in [-0.05, 0) is 66.6 Å². The zero-order valence-electron chi connectivity index (χ0n) is 11.8. The van der Waals surface area contributed by atoms with Gasteiger partial charge in [-0.3, -0.25) is 0 Å². The third-order valence-electron chi connectivity index (χ3n) is 4.25. The van der Waals surface area contributed by atoms with Crippen LogP contribution in [0.5, 0.6) is 0 Å². The number of nitrogens with zero attached hydrogens (tertiary/aromatic N) is 1. The molecular weight excluding hydrogens is 354 g/mol. The quantitative estimate of drug-likeness (QED) is 0.811. The third-order valence-corrected chi connectivity index (χ3v) is 5.12. The van der Waals surface area contributed by atoms with E-state index in [2.05, 4.69) is 53.6 Å². The minimum Gasteiger partial charge on any atom is -0.368 e. The number of piperidine rings is 1. The average molecular weight is 376 g/mol. The number of hydrogen-bond acceptors (Lipinski definition) is 2. The fourth-order valence-corrected chi connectivity index (χ4v) is 3.76. The van der Waals surface area contributed by atoms with E-state index in [1.54, 1.807) is 12.1 Å². The van der Waals surface area contributed by atoms with E-state index in [1.807, 2.05) is 6.07 Å². The standard InChI is InChI=1S/C15H22FIN2/c1-4-18-14-7-8-19(11(3)10(14)2)15-6-5-12(16)9-13(15)17/h5-6,9-11,14,18H,4,7-8H2,1-3H3. The smallest absolute Gasteiger partial charge is 0.124 e. The van der Waals surface area contributed by atoms with Gasteiger partial charge < -0.3 is 10.2 Å². The van der Waals surface area contributed by atoms with Crippen LogP contribution >= 0.6 is 22.6 Å². The summed E-state index contributed by atoms with van der Waals surface area (Å²) in [6.07, 6.45) is 1.15. The lowest BCUT2D eigenvalue weighted by Gasteiger charge is -2.44. The van der Waals surface area contributed by atoms with Gasteiger partial charge in [-0.15, -0.1) is 0 Å². The van der Waals surface area contributed by atoms with Crippen LogP contribution in [0.1, 0.15) is 27.2 Å². The molecule has 0 aliphatic carbocycles. The lowest BCUT2D eigenvalue weighted by atomic mass is 9.86. The highest BCUT2D eigenvalue weighted by molar-refractivity contribution is 14.1. The molecule has 0 saturated carbocycles. The van der Waals surface area contributed by atoms with Crippen molar-refractivity contribution < 1.29 is 4.39 Å². The molecule has 1 heterocycles. The van der Waals surface area contributed by atoms with Crippen molar-refractivity contribution in [3.05, 3.63) is 27.6 Å². The Bertz CT molecular complexity index is 438.